The van der Waals surface area contributed by atoms with Crippen molar-refractivity contribution in [2.75, 3.05) is 0 Å². The van der Waals surface area contributed by atoms with Crippen LogP contribution in [0.2, 0.25) is 0 Å². The number of rotatable bonds is 2. The molecule has 1 heterocycles. The number of aromatic nitrogens is 1. The van der Waals surface area contributed by atoms with Gasteiger partial charge in [-0.3, -0.25) is 4.98 Å². The summed E-state index contributed by atoms with van der Waals surface area (Å²) >= 11 is 0. The fourth-order valence-electron chi connectivity index (χ4n) is 1.22. The Morgan fingerprint density at radius 1 is 1.50 bits per heavy atom. The highest BCUT2D eigenvalue weighted by atomic mass is 19.1. The van der Waals surface area contributed by atoms with Gasteiger partial charge in [0.25, 0.3) is 0 Å². The van der Waals surface area contributed by atoms with Gasteiger partial charge in [-0.15, -0.1) is 0 Å². The van der Waals surface area contributed by atoms with Crippen molar-refractivity contribution in [2.24, 2.45) is 5.92 Å². The summed E-state index contributed by atoms with van der Waals surface area (Å²) in [7, 11) is 0. The smallest absolute Gasteiger partial charge is 0.141 e. The van der Waals surface area contributed by atoms with Crippen LogP contribution in [0.25, 0.3) is 0 Å². The molecule has 1 fully saturated rings. The molecule has 2 rings (SSSR count). The maximum Gasteiger partial charge on any atom is 0.141 e. The van der Waals surface area contributed by atoms with E-state index >= 15 is 0 Å². The lowest BCUT2D eigenvalue weighted by atomic mass is 10.1. The van der Waals surface area contributed by atoms with Gasteiger partial charge in [0.1, 0.15) is 5.82 Å². The van der Waals surface area contributed by atoms with E-state index in [0.29, 0.717) is 11.6 Å². The zero-order chi connectivity index (χ0) is 8.55. The van der Waals surface area contributed by atoms with Crippen LogP contribution in [0.5, 0.6) is 0 Å². The molecule has 1 aliphatic rings. The highest BCUT2D eigenvalue weighted by molar-refractivity contribution is 5.10. The van der Waals surface area contributed by atoms with Gasteiger partial charge in [-0.1, -0.05) is 0 Å². The fourth-order valence-corrected chi connectivity index (χ4v) is 1.22. The summed E-state index contributed by atoms with van der Waals surface area (Å²) in [6, 6.07) is 2.87. The predicted molar refractivity (Wildman–Crippen MR) is 41.9 cm³/mol. The van der Waals surface area contributed by atoms with E-state index < -0.39 is 6.10 Å². The van der Waals surface area contributed by atoms with Crippen molar-refractivity contribution in [3.05, 3.63) is 29.8 Å². The van der Waals surface area contributed by atoms with E-state index in [0.717, 1.165) is 19.0 Å². The van der Waals surface area contributed by atoms with Crippen molar-refractivity contribution < 1.29 is 9.50 Å². The summed E-state index contributed by atoms with van der Waals surface area (Å²) in [6.07, 6.45) is 2.76. The lowest BCUT2D eigenvalue weighted by Gasteiger charge is -2.06. The third kappa shape index (κ3) is 1.46. The average Bonchev–Trinajstić information content (AvgIpc) is 2.87. The van der Waals surface area contributed by atoms with Crippen LogP contribution in [0, 0.1) is 11.7 Å². The molecule has 0 aliphatic heterocycles. The quantitative estimate of drug-likeness (QED) is 0.726. The molecule has 0 amide bonds. The van der Waals surface area contributed by atoms with Crippen molar-refractivity contribution in [1.82, 2.24) is 4.98 Å². The first-order valence-electron chi connectivity index (χ1n) is 4.07. The Kier molecular flexibility index (Phi) is 1.81. The van der Waals surface area contributed by atoms with Crippen LogP contribution in [0.1, 0.15) is 24.6 Å². The Morgan fingerprint density at radius 3 is 2.75 bits per heavy atom. The van der Waals surface area contributed by atoms with Gasteiger partial charge in [-0.25, -0.2) is 4.39 Å². The monoisotopic (exact) mass is 167 g/mol. The van der Waals surface area contributed by atoms with E-state index in [1.165, 1.54) is 6.07 Å². The molecule has 3 heteroatoms. The molecule has 64 valence electrons. The molecular formula is C9H10FNO. The molecule has 1 aliphatic carbocycles. The SMILES string of the molecule is OC(c1ccc(F)cn1)C1CC1. The van der Waals surface area contributed by atoms with E-state index in [9.17, 15) is 9.50 Å². The van der Waals surface area contributed by atoms with Crippen molar-refractivity contribution in [2.45, 2.75) is 18.9 Å². The van der Waals surface area contributed by atoms with Gasteiger partial charge in [0.2, 0.25) is 0 Å². The number of nitrogens with zero attached hydrogens (tertiary/aromatic N) is 1. The van der Waals surface area contributed by atoms with Crippen LogP contribution in [0.3, 0.4) is 0 Å². The fraction of sp³-hybridized carbons (Fsp3) is 0.444. The van der Waals surface area contributed by atoms with Gasteiger partial charge < -0.3 is 5.11 Å². The Balaban J connectivity index is 2.16. The third-order valence-electron chi connectivity index (χ3n) is 2.12. The summed E-state index contributed by atoms with van der Waals surface area (Å²) in [6.45, 7) is 0. The molecule has 0 radical (unpaired) electrons. The molecule has 1 aromatic rings. The van der Waals surface area contributed by atoms with E-state index in [1.54, 1.807) is 6.07 Å². The van der Waals surface area contributed by atoms with Crippen molar-refractivity contribution >= 4 is 0 Å². The normalized spacial score (nSPS) is 19.2. The summed E-state index contributed by atoms with van der Waals surface area (Å²) in [5.41, 5.74) is 0.582. The number of halogens is 1. The molecule has 0 bridgehead atoms. The molecular weight excluding hydrogens is 157 g/mol. The maximum absolute atomic E-state index is 12.4. The Morgan fingerprint density at radius 2 is 2.25 bits per heavy atom. The number of hydrogen-bond donors (Lipinski definition) is 1. The van der Waals surface area contributed by atoms with Gasteiger partial charge in [0.05, 0.1) is 18.0 Å². The molecule has 1 aromatic heterocycles. The average molecular weight is 167 g/mol. The Bertz CT molecular complexity index is 268. The maximum atomic E-state index is 12.4. The second kappa shape index (κ2) is 2.83. The largest absolute Gasteiger partial charge is 0.387 e. The van der Waals surface area contributed by atoms with E-state index in [1.807, 2.05) is 0 Å². The lowest BCUT2D eigenvalue weighted by Crippen LogP contribution is -2.01. The predicted octanol–water partition coefficient (Wildman–Crippen LogP) is 1.66. The summed E-state index contributed by atoms with van der Waals surface area (Å²) in [5.74, 6) is -0.00953. The molecule has 12 heavy (non-hydrogen) atoms. The van der Waals surface area contributed by atoms with Crippen LogP contribution in [-0.4, -0.2) is 10.1 Å². The minimum absolute atomic E-state index is 0.350. The van der Waals surface area contributed by atoms with E-state index in [4.69, 9.17) is 0 Å². The van der Waals surface area contributed by atoms with Gasteiger partial charge in [0.15, 0.2) is 0 Å². The van der Waals surface area contributed by atoms with Crippen LogP contribution in [0.15, 0.2) is 18.3 Å². The first kappa shape index (κ1) is 7.68. The molecule has 0 aromatic carbocycles. The molecule has 1 unspecified atom stereocenters. The van der Waals surface area contributed by atoms with E-state index in [-0.39, 0.29) is 5.82 Å². The summed E-state index contributed by atoms with van der Waals surface area (Å²) < 4.78 is 12.4. The zero-order valence-corrected chi connectivity index (χ0v) is 6.57. The lowest BCUT2D eigenvalue weighted by molar-refractivity contribution is 0.149. The molecule has 1 atom stereocenters. The van der Waals surface area contributed by atoms with Crippen LogP contribution in [-0.2, 0) is 0 Å². The molecule has 0 spiro atoms. The molecule has 0 saturated heterocycles. The third-order valence-corrected chi connectivity index (χ3v) is 2.12. The topological polar surface area (TPSA) is 33.1 Å². The van der Waals surface area contributed by atoms with Crippen LogP contribution in [0.4, 0.5) is 4.39 Å². The highest BCUT2D eigenvalue weighted by Crippen LogP contribution is 2.40. The van der Waals surface area contributed by atoms with Gasteiger partial charge in [-0.2, -0.15) is 0 Å². The van der Waals surface area contributed by atoms with Crippen molar-refractivity contribution in [3.63, 3.8) is 0 Å². The molecule has 2 nitrogen and oxygen atoms in total. The Hall–Kier alpha value is -0.960. The summed E-state index contributed by atoms with van der Waals surface area (Å²) in [4.78, 5) is 3.81. The zero-order valence-electron chi connectivity index (χ0n) is 6.57. The van der Waals surface area contributed by atoms with Crippen LogP contribution < -0.4 is 0 Å². The van der Waals surface area contributed by atoms with Crippen molar-refractivity contribution in [1.29, 1.82) is 0 Å². The minimum Gasteiger partial charge on any atom is -0.387 e. The molecule has 1 saturated carbocycles. The number of hydrogen-bond acceptors (Lipinski definition) is 2. The standard InChI is InChI=1S/C9H10FNO/c10-7-3-4-8(11-5-7)9(12)6-1-2-6/h3-6,9,12H,1-2H2. The van der Waals surface area contributed by atoms with Crippen LogP contribution >= 0.6 is 0 Å². The number of pyridine rings is 1. The molecule has 1 N–H and O–H groups in total. The number of aliphatic hydroxyl groups excluding tert-OH is 1. The first-order chi connectivity index (χ1) is 5.77. The second-order valence-electron chi connectivity index (χ2n) is 3.18. The Labute approximate surface area is 70.1 Å². The number of aliphatic hydroxyl groups is 1. The van der Waals surface area contributed by atoms with Gasteiger partial charge in [-0.05, 0) is 30.9 Å². The second-order valence-corrected chi connectivity index (χ2v) is 3.18. The van der Waals surface area contributed by atoms with E-state index in [2.05, 4.69) is 4.98 Å². The van der Waals surface area contributed by atoms with Crippen molar-refractivity contribution in [3.8, 4) is 0 Å². The van der Waals surface area contributed by atoms with Gasteiger partial charge >= 0.3 is 0 Å². The first-order valence-corrected chi connectivity index (χ1v) is 4.07. The summed E-state index contributed by atoms with van der Waals surface area (Å²) in [5, 5.41) is 9.57. The van der Waals surface area contributed by atoms with Gasteiger partial charge in [0, 0.05) is 0 Å². The highest BCUT2D eigenvalue weighted by Gasteiger charge is 2.31. The minimum atomic E-state index is -0.495.